The number of alkyl carbamates (subject to hydrolysis) is 1. The Labute approximate surface area is 280 Å². The van der Waals surface area contributed by atoms with E-state index in [0.29, 0.717) is 5.56 Å². The van der Waals surface area contributed by atoms with Gasteiger partial charge in [0, 0.05) is 20.0 Å². The fourth-order valence-electron chi connectivity index (χ4n) is 4.21. The van der Waals surface area contributed by atoms with Crippen LogP contribution >= 0.6 is 7.37 Å². The third-order valence-electron chi connectivity index (χ3n) is 6.87. The number of hydrogen-bond acceptors (Lipinski definition) is 11. The number of ether oxygens (including phenoxy) is 5. The Balaban J connectivity index is 2.19. The summed E-state index contributed by atoms with van der Waals surface area (Å²) >= 11 is 0. The summed E-state index contributed by atoms with van der Waals surface area (Å²) in [5.74, 6) is -5.22. The number of carbonyl (C=O) groups excluding carboxylic acids is 5. The van der Waals surface area contributed by atoms with E-state index in [-0.39, 0.29) is 13.0 Å². The van der Waals surface area contributed by atoms with Crippen LogP contribution in [0.3, 0.4) is 0 Å². The molecule has 0 bridgehead atoms. The van der Waals surface area contributed by atoms with E-state index < -0.39 is 79.9 Å². The maximum absolute atomic E-state index is 13.5. The Hall–Kier alpha value is -4.42. The average Bonchev–Trinajstić information content (AvgIpc) is 3.01. The normalized spacial score (nSPS) is 15.4. The number of nitrogens with one attached hydrogen (secondary N) is 2. The van der Waals surface area contributed by atoms with Crippen LogP contribution in [0.25, 0.3) is 11.1 Å². The van der Waals surface area contributed by atoms with Gasteiger partial charge in [0.2, 0.25) is 25.9 Å². The van der Waals surface area contributed by atoms with Crippen LogP contribution in [0.4, 0.5) is 9.59 Å². The molecule has 0 saturated carbocycles. The molecule has 3 unspecified atom stereocenters. The predicted octanol–water partition coefficient (Wildman–Crippen LogP) is 4.97. The standard InChI is InChI=1S/C33H45N2O12P/c1-8-43-33(40)47-24(7)45-31(38)21(4)34-29(36)28(18-25-14-16-27(17-15-25)26-12-10-9-11-13-26)19-48(41,42)22(5)35-32(39)46-23(6)44-30(37)20(2)3/h9-17,20-24,28H,8,18-19H2,1-7H3,(H,34,36)(H,35,39)(H,41,42)/t21-,22+,23?,24?,28+/m0/s1. The molecule has 0 heterocycles. The summed E-state index contributed by atoms with van der Waals surface area (Å²) < 4.78 is 38.0. The van der Waals surface area contributed by atoms with E-state index in [4.69, 9.17) is 18.9 Å². The van der Waals surface area contributed by atoms with Crippen molar-refractivity contribution in [3.8, 4) is 11.1 Å². The molecule has 0 saturated heterocycles. The SMILES string of the molecule is CCOC(=O)OC(C)OC(=O)[C@H](C)NC(=O)[C@H](Cc1ccc(-c2ccccc2)cc1)CP(=O)(O)[C@H](C)NC(=O)OC(C)OC(=O)C(C)C. The van der Waals surface area contributed by atoms with Gasteiger partial charge < -0.3 is 39.2 Å². The van der Waals surface area contributed by atoms with Gasteiger partial charge >= 0.3 is 24.2 Å². The molecule has 3 N–H and O–H groups in total. The molecule has 0 aliphatic rings. The minimum absolute atomic E-state index is 0.00888. The molecule has 0 aliphatic heterocycles. The Kier molecular flexibility index (Phi) is 15.6. The van der Waals surface area contributed by atoms with Gasteiger partial charge in [-0.2, -0.15) is 0 Å². The molecule has 48 heavy (non-hydrogen) atoms. The summed E-state index contributed by atoms with van der Waals surface area (Å²) in [6, 6.07) is 15.7. The largest absolute Gasteiger partial charge is 0.511 e. The lowest BCUT2D eigenvalue weighted by Gasteiger charge is -2.26. The smallest absolute Gasteiger partial charge is 0.435 e. The molecule has 0 fully saturated rings. The van der Waals surface area contributed by atoms with E-state index in [9.17, 15) is 33.4 Å². The van der Waals surface area contributed by atoms with Gasteiger partial charge in [0.05, 0.1) is 18.4 Å². The fourth-order valence-corrected chi connectivity index (χ4v) is 5.76. The zero-order chi connectivity index (χ0) is 36.0. The molecule has 15 heteroatoms. The highest BCUT2D eigenvalue weighted by Gasteiger charge is 2.36. The predicted molar refractivity (Wildman–Crippen MR) is 175 cm³/mol. The molecule has 0 radical (unpaired) electrons. The van der Waals surface area contributed by atoms with Gasteiger partial charge in [-0.05, 0) is 43.9 Å². The van der Waals surface area contributed by atoms with Gasteiger partial charge in [-0.3, -0.25) is 14.2 Å². The van der Waals surface area contributed by atoms with Gasteiger partial charge in [0.1, 0.15) is 11.8 Å². The summed E-state index contributed by atoms with van der Waals surface area (Å²) in [6.45, 7) is 10.1. The molecule has 2 amide bonds. The van der Waals surface area contributed by atoms with Crippen molar-refractivity contribution in [3.05, 3.63) is 60.2 Å². The summed E-state index contributed by atoms with van der Waals surface area (Å²) in [7, 11) is -4.31. The lowest BCUT2D eigenvalue weighted by atomic mass is 9.97. The van der Waals surface area contributed by atoms with Crippen molar-refractivity contribution in [1.29, 1.82) is 0 Å². The van der Waals surface area contributed by atoms with Crippen LogP contribution in [-0.4, -0.2) is 72.2 Å². The van der Waals surface area contributed by atoms with Crippen LogP contribution < -0.4 is 10.6 Å². The van der Waals surface area contributed by atoms with E-state index in [1.54, 1.807) is 32.9 Å². The van der Waals surface area contributed by atoms with E-state index in [1.807, 2.05) is 42.5 Å². The molecular formula is C33H45N2O12P. The van der Waals surface area contributed by atoms with Gasteiger partial charge in [0.15, 0.2) is 0 Å². The topological polar surface area (TPSA) is 193 Å². The highest BCUT2D eigenvalue weighted by molar-refractivity contribution is 7.58. The maximum atomic E-state index is 13.5. The monoisotopic (exact) mass is 692 g/mol. The first-order valence-electron chi connectivity index (χ1n) is 15.5. The van der Waals surface area contributed by atoms with Crippen molar-refractivity contribution in [2.45, 2.75) is 79.3 Å². The third-order valence-corrected chi connectivity index (χ3v) is 9.18. The van der Waals surface area contributed by atoms with Crippen molar-refractivity contribution < 1.29 is 57.1 Å². The van der Waals surface area contributed by atoms with E-state index in [1.165, 1.54) is 27.7 Å². The lowest BCUT2D eigenvalue weighted by Crippen LogP contribution is -2.45. The molecule has 6 atom stereocenters. The van der Waals surface area contributed by atoms with E-state index >= 15 is 0 Å². The number of carbonyl (C=O) groups is 5. The molecule has 2 rings (SSSR count). The summed E-state index contributed by atoms with van der Waals surface area (Å²) in [4.78, 5) is 72.9. The van der Waals surface area contributed by atoms with Crippen molar-refractivity contribution in [2.75, 3.05) is 12.8 Å². The fraction of sp³-hybridized carbons (Fsp3) is 0.485. The number of amides is 2. The van der Waals surface area contributed by atoms with Gasteiger partial charge in [0.25, 0.3) is 0 Å². The Morgan fingerprint density at radius 3 is 1.90 bits per heavy atom. The molecule has 14 nitrogen and oxygen atoms in total. The molecular weight excluding hydrogens is 647 g/mol. The number of hydrogen-bond donors (Lipinski definition) is 3. The Morgan fingerprint density at radius 1 is 0.750 bits per heavy atom. The number of esters is 2. The van der Waals surface area contributed by atoms with Crippen molar-refractivity contribution in [2.24, 2.45) is 11.8 Å². The van der Waals surface area contributed by atoms with Crippen LogP contribution in [0, 0.1) is 11.8 Å². The molecule has 2 aromatic rings. The summed E-state index contributed by atoms with van der Waals surface area (Å²) in [5, 5.41) is 4.77. The average molecular weight is 693 g/mol. The molecule has 0 spiro atoms. The highest BCUT2D eigenvalue weighted by Crippen LogP contribution is 2.47. The second kappa shape index (κ2) is 18.8. The Bertz CT molecular complexity index is 1430. The molecule has 0 aliphatic carbocycles. The minimum atomic E-state index is -4.31. The highest BCUT2D eigenvalue weighted by atomic mass is 31.2. The first-order valence-corrected chi connectivity index (χ1v) is 17.4. The zero-order valence-electron chi connectivity index (χ0n) is 28.2. The molecule has 264 valence electrons. The minimum Gasteiger partial charge on any atom is -0.435 e. The zero-order valence-corrected chi connectivity index (χ0v) is 29.1. The molecule has 0 aromatic heterocycles. The van der Waals surface area contributed by atoms with Gasteiger partial charge in [-0.1, -0.05) is 68.4 Å². The maximum Gasteiger partial charge on any atom is 0.511 e. The summed E-state index contributed by atoms with van der Waals surface area (Å²) in [6.07, 6.45) is -5.28. The quantitative estimate of drug-likeness (QED) is 0.0928. The second-order valence-electron chi connectivity index (χ2n) is 11.3. The van der Waals surface area contributed by atoms with Crippen molar-refractivity contribution >= 4 is 37.5 Å². The summed E-state index contributed by atoms with van der Waals surface area (Å²) in [5.41, 5.74) is 2.57. The van der Waals surface area contributed by atoms with Gasteiger partial charge in [-0.25, -0.2) is 14.4 Å². The second-order valence-corrected chi connectivity index (χ2v) is 14.0. The molecule has 2 aromatic carbocycles. The lowest BCUT2D eigenvalue weighted by molar-refractivity contribution is -0.171. The van der Waals surface area contributed by atoms with E-state index in [0.717, 1.165) is 11.1 Å². The van der Waals surface area contributed by atoms with Crippen LogP contribution in [0.5, 0.6) is 0 Å². The first-order chi connectivity index (χ1) is 22.5. The number of rotatable bonds is 16. The number of benzene rings is 2. The van der Waals surface area contributed by atoms with Crippen molar-refractivity contribution in [1.82, 2.24) is 10.6 Å². The van der Waals surface area contributed by atoms with Crippen molar-refractivity contribution in [3.63, 3.8) is 0 Å². The van der Waals surface area contributed by atoms with E-state index in [2.05, 4.69) is 15.4 Å². The van der Waals surface area contributed by atoms with Crippen LogP contribution in [-0.2, 0) is 49.1 Å². The van der Waals surface area contributed by atoms with Crippen LogP contribution in [0.1, 0.15) is 54.0 Å². The first kappa shape index (κ1) is 39.8. The van der Waals surface area contributed by atoms with Gasteiger partial charge in [-0.15, -0.1) is 0 Å². The Morgan fingerprint density at radius 2 is 1.31 bits per heavy atom. The third kappa shape index (κ3) is 13.4. The van der Waals surface area contributed by atoms with Crippen LogP contribution in [0.15, 0.2) is 54.6 Å². The van der Waals surface area contributed by atoms with Crippen LogP contribution in [0.2, 0.25) is 0 Å².